The number of carbonyl (C=O) groups is 3. The summed E-state index contributed by atoms with van der Waals surface area (Å²) < 4.78 is 0. The molecule has 0 aliphatic carbocycles. The second kappa shape index (κ2) is 8.71. The summed E-state index contributed by atoms with van der Waals surface area (Å²) in [5.41, 5.74) is 5.85. The van der Waals surface area contributed by atoms with Gasteiger partial charge in [0.05, 0.1) is 5.54 Å². The first-order valence-corrected chi connectivity index (χ1v) is 8.93. The number of imide groups is 1. The van der Waals surface area contributed by atoms with Crippen molar-refractivity contribution in [1.29, 1.82) is 0 Å². The lowest BCUT2D eigenvalue weighted by Crippen LogP contribution is -2.55. The van der Waals surface area contributed by atoms with Crippen molar-refractivity contribution >= 4 is 30.3 Å². The summed E-state index contributed by atoms with van der Waals surface area (Å²) >= 11 is 0. The van der Waals surface area contributed by atoms with E-state index in [0.717, 1.165) is 10.5 Å². The van der Waals surface area contributed by atoms with Crippen molar-refractivity contribution in [1.82, 2.24) is 15.5 Å². The molecular formula is C19H29ClN4O3. The van der Waals surface area contributed by atoms with Gasteiger partial charge in [-0.2, -0.15) is 0 Å². The Morgan fingerprint density at radius 3 is 2.26 bits per heavy atom. The number of rotatable bonds is 7. The van der Waals surface area contributed by atoms with Gasteiger partial charge in [-0.15, -0.1) is 12.4 Å². The van der Waals surface area contributed by atoms with Crippen molar-refractivity contribution in [2.24, 2.45) is 5.73 Å². The lowest BCUT2D eigenvalue weighted by molar-refractivity contribution is -0.135. The Balaban J connectivity index is 0.00000364. The number of hydrogen-bond acceptors (Lipinski definition) is 4. The number of amides is 4. The van der Waals surface area contributed by atoms with E-state index in [0.29, 0.717) is 24.9 Å². The molecule has 4 amide bonds. The Morgan fingerprint density at radius 2 is 1.78 bits per heavy atom. The average Bonchev–Trinajstić information content (AvgIpc) is 2.84. The number of hydrogen-bond donors (Lipinski definition) is 3. The molecule has 2 rings (SSSR count). The SMILES string of the molecule is CCC(CC)(CN)NC(=O)CN1C(=O)NC(C)(c2ccc(C)cc2)C1=O.Cl. The van der Waals surface area contributed by atoms with Gasteiger partial charge in [-0.1, -0.05) is 43.7 Å². The van der Waals surface area contributed by atoms with Crippen LogP contribution in [0.25, 0.3) is 0 Å². The molecule has 27 heavy (non-hydrogen) atoms. The highest BCUT2D eigenvalue weighted by Crippen LogP contribution is 2.29. The highest BCUT2D eigenvalue weighted by atomic mass is 35.5. The summed E-state index contributed by atoms with van der Waals surface area (Å²) in [5, 5.41) is 5.59. The molecule has 0 bridgehead atoms. The summed E-state index contributed by atoms with van der Waals surface area (Å²) in [6.07, 6.45) is 1.35. The van der Waals surface area contributed by atoms with Crippen LogP contribution in [0, 0.1) is 6.92 Å². The molecule has 1 unspecified atom stereocenters. The molecule has 0 saturated carbocycles. The van der Waals surface area contributed by atoms with Crippen LogP contribution in [-0.4, -0.2) is 41.4 Å². The third-order valence-electron chi connectivity index (χ3n) is 5.35. The van der Waals surface area contributed by atoms with E-state index < -0.39 is 28.9 Å². The van der Waals surface area contributed by atoms with E-state index in [1.165, 1.54) is 0 Å². The normalized spacial score (nSPS) is 19.5. The minimum Gasteiger partial charge on any atom is -0.348 e. The van der Waals surface area contributed by atoms with Crippen molar-refractivity contribution < 1.29 is 14.4 Å². The molecule has 0 radical (unpaired) electrons. The topological polar surface area (TPSA) is 105 Å². The molecule has 8 heteroatoms. The van der Waals surface area contributed by atoms with Gasteiger partial charge in [0, 0.05) is 6.54 Å². The minimum absolute atomic E-state index is 0. The maximum absolute atomic E-state index is 12.9. The van der Waals surface area contributed by atoms with Crippen molar-refractivity contribution in [3.63, 3.8) is 0 Å². The second-order valence-electron chi connectivity index (χ2n) is 7.05. The fraction of sp³-hybridized carbons (Fsp3) is 0.526. The van der Waals surface area contributed by atoms with Gasteiger partial charge in [0.25, 0.3) is 5.91 Å². The van der Waals surface area contributed by atoms with Gasteiger partial charge in [0.15, 0.2) is 0 Å². The molecule has 1 aliphatic rings. The quantitative estimate of drug-likeness (QED) is 0.611. The molecular weight excluding hydrogens is 368 g/mol. The molecule has 0 spiro atoms. The number of urea groups is 1. The number of aryl methyl sites for hydroxylation is 1. The zero-order valence-electron chi connectivity index (χ0n) is 16.3. The Hall–Kier alpha value is -2.12. The molecule has 1 aliphatic heterocycles. The Bertz CT molecular complexity index is 695. The highest BCUT2D eigenvalue weighted by molar-refractivity contribution is 6.09. The highest BCUT2D eigenvalue weighted by Gasteiger charge is 2.49. The minimum atomic E-state index is -1.18. The van der Waals surface area contributed by atoms with Gasteiger partial charge in [0.1, 0.15) is 12.1 Å². The first-order chi connectivity index (χ1) is 12.2. The van der Waals surface area contributed by atoms with E-state index in [1.54, 1.807) is 6.92 Å². The van der Waals surface area contributed by atoms with Crippen LogP contribution < -0.4 is 16.4 Å². The molecule has 1 aromatic carbocycles. The summed E-state index contributed by atoms with van der Waals surface area (Å²) in [5.74, 6) is -0.830. The number of carbonyl (C=O) groups excluding carboxylic acids is 3. The molecule has 1 fully saturated rings. The molecule has 150 valence electrons. The van der Waals surface area contributed by atoms with Crippen molar-refractivity contribution in [3.05, 3.63) is 35.4 Å². The largest absolute Gasteiger partial charge is 0.348 e. The molecule has 1 atom stereocenters. The number of nitrogens with zero attached hydrogens (tertiary/aromatic N) is 1. The second-order valence-corrected chi connectivity index (χ2v) is 7.05. The fourth-order valence-electron chi connectivity index (χ4n) is 3.17. The predicted octanol–water partition coefficient (Wildman–Crippen LogP) is 1.82. The third-order valence-corrected chi connectivity index (χ3v) is 5.35. The number of nitrogens with two attached hydrogens (primary N) is 1. The van der Waals surface area contributed by atoms with E-state index in [1.807, 2.05) is 45.0 Å². The number of benzene rings is 1. The van der Waals surface area contributed by atoms with E-state index in [-0.39, 0.29) is 19.0 Å². The number of nitrogens with one attached hydrogen (secondary N) is 2. The standard InChI is InChI=1S/C19H28N4O3.ClH/c1-5-19(6-2,12-20)21-15(24)11-23-16(25)18(4,22-17(23)26)14-9-7-13(3)8-10-14;/h7-10H,5-6,11-12,20H2,1-4H3,(H,21,24)(H,22,26);1H. The summed E-state index contributed by atoms with van der Waals surface area (Å²) in [4.78, 5) is 38.6. The maximum Gasteiger partial charge on any atom is 0.325 e. The molecule has 7 nitrogen and oxygen atoms in total. The van der Waals surface area contributed by atoms with Crippen LogP contribution in [0.15, 0.2) is 24.3 Å². The molecule has 4 N–H and O–H groups in total. The first kappa shape index (κ1) is 22.9. The Kier molecular flexibility index (Phi) is 7.40. The smallest absolute Gasteiger partial charge is 0.325 e. The van der Waals surface area contributed by atoms with E-state index in [2.05, 4.69) is 10.6 Å². The van der Waals surface area contributed by atoms with Crippen LogP contribution >= 0.6 is 12.4 Å². The van der Waals surface area contributed by atoms with Crippen LogP contribution in [0.1, 0.15) is 44.7 Å². The molecule has 0 aromatic heterocycles. The van der Waals surface area contributed by atoms with Gasteiger partial charge in [-0.25, -0.2) is 4.79 Å². The molecule has 1 aromatic rings. The maximum atomic E-state index is 12.9. The van der Waals surface area contributed by atoms with Crippen LogP contribution in [-0.2, 0) is 15.1 Å². The zero-order valence-corrected chi connectivity index (χ0v) is 17.1. The van der Waals surface area contributed by atoms with E-state index in [9.17, 15) is 14.4 Å². The number of halogens is 1. The van der Waals surface area contributed by atoms with E-state index >= 15 is 0 Å². The fourth-order valence-corrected chi connectivity index (χ4v) is 3.17. The van der Waals surface area contributed by atoms with Gasteiger partial charge in [-0.05, 0) is 32.3 Å². The van der Waals surface area contributed by atoms with Gasteiger partial charge < -0.3 is 16.4 Å². The lowest BCUT2D eigenvalue weighted by Gasteiger charge is -2.32. The van der Waals surface area contributed by atoms with E-state index in [4.69, 9.17) is 5.73 Å². The zero-order chi connectivity index (χ0) is 19.5. The van der Waals surface area contributed by atoms with Crippen molar-refractivity contribution in [3.8, 4) is 0 Å². The first-order valence-electron chi connectivity index (χ1n) is 8.93. The molecule has 1 heterocycles. The summed E-state index contributed by atoms with van der Waals surface area (Å²) in [7, 11) is 0. The van der Waals surface area contributed by atoms with Gasteiger partial charge >= 0.3 is 6.03 Å². The van der Waals surface area contributed by atoms with Crippen LogP contribution in [0.5, 0.6) is 0 Å². The van der Waals surface area contributed by atoms with Gasteiger partial charge in [0.2, 0.25) is 5.91 Å². The Morgan fingerprint density at radius 1 is 1.22 bits per heavy atom. The predicted molar refractivity (Wildman–Crippen MR) is 107 cm³/mol. The molecule has 1 saturated heterocycles. The average molecular weight is 397 g/mol. The lowest BCUT2D eigenvalue weighted by atomic mass is 9.91. The van der Waals surface area contributed by atoms with Crippen LogP contribution in [0.2, 0.25) is 0 Å². The van der Waals surface area contributed by atoms with Crippen LogP contribution in [0.3, 0.4) is 0 Å². The van der Waals surface area contributed by atoms with Crippen molar-refractivity contribution in [2.75, 3.05) is 13.1 Å². The van der Waals surface area contributed by atoms with Gasteiger partial charge in [-0.3, -0.25) is 14.5 Å². The monoisotopic (exact) mass is 396 g/mol. The van der Waals surface area contributed by atoms with Crippen molar-refractivity contribution in [2.45, 2.75) is 51.6 Å². The third kappa shape index (κ3) is 4.42. The Labute approximate surface area is 166 Å². The van der Waals surface area contributed by atoms with Crippen LogP contribution in [0.4, 0.5) is 4.79 Å². The summed E-state index contributed by atoms with van der Waals surface area (Å²) in [6, 6.07) is 6.82. The summed E-state index contributed by atoms with van der Waals surface area (Å²) in [6.45, 7) is 7.46.